The highest BCUT2D eigenvalue weighted by molar-refractivity contribution is 6.92. The van der Waals surface area contributed by atoms with Crippen LogP contribution in [-0.2, 0) is 35.8 Å². The molecule has 0 saturated heterocycles. The second-order valence-corrected chi connectivity index (χ2v) is 23.4. The Morgan fingerprint density at radius 1 is 0.478 bits per heavy atom. The van der Waals surface area contributed by atoms with E-state index in [-0.39, 0.29) is 49.8 Å². The van der Waals surface area contributed by atoms with Gasteiger partial charge >= 0.3 is 12.2 Å². The fraction of sp³-hybridized carbons (Fsp3) is 0.342. The topological polar surface area (TPSA) is 126 Å². The average molecular weight is 1260 g/mol. The molecule has 12 nitrogen and oxygen atoms in total. The Kier molecular flexibility index (Phi) is 26.6. The lowest BCUT2D eigenvalue weighted by Crippen LogP contribution is -2.33. The minimum Gasteiger partial charge on any atom is -0.494 e. The molecule has 14 heteroatoms. The fourth-order valence-corrected chi connectivity index (χ4v) is 10.9. The van der Waals surface area contributed by atoms with Crippen LogP contribution in [0, 0.1) is 20.8 Å². The highest BCUT2D eigenvalue weighted by atomic mass is 31.0. The van der Waals surface area contributed by atoms with Gasteiger partial charge in [-0.3, -0.25) is 10.2 Å². The maximum Gasteiger partial charge on any atom is 0.414 e. The first-order valence-corrected chi connectivity index (χ1v) is 31.1. The van der Waals surface area contributed by atoms with Gasteiger partial charge in [-0.15, -0.1) is 0 Å². The number of nitrogens with one attached hydrogen (secondary N) is 2. The number of ether oxygens (including phenoxy) is 7. The zero-order valence-corrected chi connectivity index (χ0v) is 57.7. The summed E-state index contributed by atoms with van der Waals surface area (Å²) in [4.78, 5) is 27.4. The molecule has 5 atom stereocenters. The fourth-order valence-electron chi connectivity index (χ4n) is 10.9. The summed E-state index contributed by atoms with van der Waals surface area (Å²) >= 11 is 0. The van der Waals surface area contributed by atoms with Gasteiger partial charge in [-0.2, -0.15) is 19.8 Å². The molecule has 3 aliphatic rings. The van der Waals surface area contributed by atoms with Crippen LogP contribution in [0.3, 0.4) is 0 Å². The van der Waals surface area contributed by atoms with Gasteiger partial charge in [-0.25, -0.2) is 9.59 Å². The van der Waals surface area contributed by atoms with Crippen molar-refractivity contribution in [3.63, 3.8) is 0 Å². The van der Waals surface area contributed by atoms with E-state index in [2.05, 4.69) is 132 Å². The summed E-state index contributed by atoms with van der Waals surface area (Å²) in [7, 11) is 0. The minimum absolute atomic E-state index is 0. The molecule has 0 bridgehead atoms. The predicted octanol–water partition coefficient (Wildman–Crippen LogP) is 19.5. The lowest BCUT2D eigenvalue weighted by atomic mass is 9.94. The number of rotatable bonds is 21. The minimum atomic E-state index is -0.488. The van der Waals surface area contributed by atoms with Crippen LogP contribution in [0.5, 0.6) is 28.7 Å². The van der Waals surface area contributed by atoms with Gasteiger partial charge in [-0.05, 0) is 192 Å². The lowest BCUT2D eigenvalue weighted by Gasteiger charge is -2.33. The molecule has 2 amide bonds. The summed E-state index contributed by atoms with van der Waals surface area (Å²) in [6.07, 6.45) is 18.0. The Bertz CT molecular complexity index is 3540. The molecule has 3 aliphatic heterocycles. The number of hydrogen-bond donors (Lipinski definition) is 2. The lowest BCUT2D eigenvalue weighted by molar-refractivity contribution is 0.126. The van der Waals surface area contributed by atoms with Gasteiger partial charge in [-0.1, -0.05) is 143 Å². The smallest absolute Gasteiger partial charge is 0.414 e. The molecule has 0 fully saturated rings. The first-order chi connectivity index (χ1) is 42.4. The van der Waals surface area contributed by atoms with Crippen molar-refractivity contribution in [2.45, 2.75) is 158 Å². The van der Waals surface area contributed by atoms with Crippen LogP contribution in [0.15, 0.2) is 164 Å². The molecule has 0 saturated carbocycles. The molecular weight excluding hydrogens is 1160 g/mol. The van der Waals surface area contributed by atoms with Gasteiger partial charge in [0.25, 0.3) is 0 Å². The van der Waals surface area contributed by atoms with Gasteiger partial charge in [0.05, 0.1) is 25.4 Å². The van der Waals surface area contributed by atoms with Gasteiger partial charge in [0.1, 0.15) is 58.8 Å². The highest BCUT2D eigenvalue weighted by Crippen LogP contribution is 2.41. The summed E-state index contributed by atoms with van der Waals surface area (Å²) in [6.45, 7) is 25.7. The van der Waals surface area contributed by atoms with E-state index in [1.54, 1.807) is 4.90 Å². The highest BCUT2D eigenvalue weighted by Gasteiger charge is 2.31. The third kappa shape index (κ3) is 20.0. The average Bonchev–Trinajstić information content (AvgIpc) is 0.881. The summed E-state index contributed by atoms with van der Waals surface area (Å²) in [5.74, 6) is 4.28. The number of benzene rings is 7. The third-order valence-electron chi connectivity index (χ3n) is 15.6. The first-order valence-electron chi connectivity index (χ1n) is 31.1. The Morgan fingerprint density at radius 2 is 0.889 bits per heavy atom. The Morgan fingerprint density at radius 3 is 1.34 bits per heavy atom. The van der Waals surface area contributed by atoms with E-state index in [4.69, 9.17) is 33.2 Å². The number of anilines is 3. The van der Waals surface area contributed by atoms with E-state index < -0.39 is 12.2 Å². The molecule has 7 aromatic rings. The van der Waals surface area contributed by atoms with Gasteiger partial charge in [0.2, 0.25) is 0 Å². The maximum atomic E-state index is 13.4. The monoisotopic (exact) mass is 1260 g/mol. The molecule has 0 aliphatic carbocycles. The molecule has 0 aromatic heterocycles. The van der Waals surface area contributed by atoms with Crippen molar-refractivity contribution in [2.75, 3.05) is 28.7 Å². The largest absolute Gasteiger partial charge is 0.494 e. The standard InChI is InChI=1S/C31H35NO4.C24H29NO4.C21H25NO.2H3P/c1-5-17-31(4)18-16-26-20-28(23(3)19-29(26)36-31)32(21-24-10-8-7-9-11-24)30(33)35-22-25-12-14-27(15-13-25)34-6-2;1-5-12-24(4)13-11-19-15-21(17(3)14-22(19)29-24)25-23(26)28-16-18-7-9-20(10-8-18)27-6-2;1-4-11-21(3)12-10-18-14-19(16(2)13-20(18)23-21)22-15-17-8-6-5-7-9-17;;/h7-16,18-20H,5-6,17,21-22H2,1-4H3;7-11,13-15H,5-6,12,16H2,1-4H3,(H,25,26);5-10,12-14,22H,4,11,15H2,1-3H3;2*1H3. The van der Waals surface area contributed by atoms with Gasteiger partial charge < -0.3 is 38.5 Å². The number of amides is 2. The van der Waals surface area contributed by atoms with E-state index in [0.717, 1.165) is 124 Å². The van der Waals surface area contributed by atoms with E-state index >= 15 is 0 Å². The second kappa shape index (κ2) is 33.7. The number of nitrogens with zero attached hydrogens (tertiary/aromatic N) is 1. The molecule has 478 valence electrons. The molecular formula is C76H95N3O9P2. The molecule has 0 radical (unpaired) electrons. The van der Waals surface area contributed by atoms with Gasteiger partial charge in [0, 0.05) is 34.6 Å². The van der Waals surface area contributed by atoms with E-state index in [9.17, 15) is 9.59 Å². The summed E-state index contributed by atoms with van der Waals surface area (Å²) in [5, 5.41) is 6.37. The van der Waals surface area contributed by atoms with Crippen LogP contribution >= 0.6 is 19.8 Å². The Labute approximate surface area is 542 Å². The zero-order valence-electron chi connectivity index (χ0n) is 54.8. The SMILES string of the molecule is CCCC1(C)C=Cc2cc(N(Cc3ccccc3)C(=O)OCc3ccc(OCC)cc3)c(C)cc2O1.CCCC1(C)C=Cc2cc(NC(=O)OCc3ccc(OCC)cc3)c(C)cc2O1.CCCC1(C)C=Cc2cc(NCc3ccccc3)c(C)cc2O1.P.P. The van der Waals surface area contributed by atoms with Crippen molar-refractivity contribution in [1.29, 1.82) is 0 Å². The summed E-state index contributed by atoms with van der Waals surface area (Å²) in [6, 6.07) is 47.8. The molecule has 2 N–H and O–H groups in total. The zero-order chi connectivity index (χ0) is 62.7. The second-order valence-electron chi connectivity index (χ2n) is 23.4. The van der Waals surface area contributed by atoms with E-state index in [1.165, 1.54) is 16.8 Å². The number of aryl methyl sites for hydroxylation is 3. The van der Waals surface area contributed by atoms with Crippen LogP contribution in [0.25, 0.3) is 18.2 Å². The normalized spacial score (nSPS) is 16.9. The van der Waals surface area contributed by atoms with Crippen LogP contribution in [-0.4, -0.2) is 42.2 Å². The number of hydrogen-bond acceptors (Lipinski definition) is 10. The van der Waals surface area contributed by atoms with Crippen LogP contribution in [0.2, 0.25) is 0 Å². The number of carbonyl (C=O) groups excluding carboxylic acids is 2. The van der Waals surface area contributed by atoms with Crippen molar-refractivity contribution < 1.29 is 42.7 Å². The summed E-state index contributed by atoms with van der Waals surface area (Å²) in [5.41, 5.74) is 12.2. The van der Waals surface area contributed by atoms with Crippen LogP contribution in [0.1, 0.15) is 150 Å². The molecule has 3 heterocycles. The van der Waals surface area contributed by atoms with Crippen molar-refractivity contribution in [3.8, 4) is 28.7 Å². The molecule has 0 spiro atoms. The number of fused-ring (bicyclic) bond motifs is 3. The van der Waals surface area contributed by atoms with Crippen molar-refractivity contribution in [2.24, 2.45) is 0 Å². The van der Waals surface area contributed by atoms with Crippen LogP contribution < -0.4 is 39.2 Å². The number of carbonyl (C=O) groups is 2. The predicted molar refractivity (Wildman–Crippen MR) is 380 cm³/mol. The van der Waals surface area contributed by atoms with E-state index in [0.29, 0.717) is 25.4 Å². The molecule has 7 aromatic carbocycles. The summed E-state index contributed by atoms with van der Waals surface area (Å²) < 4.78 is 40.8. The third-order valence-corrected chi connectivity index (χ3v) is 15.6. The quantitative estimate of drug-likeness (QED) is 0.0672. The van der Waals surface area contributed by atoms with Gasteiger partial charge in [0.15, 0.2) is 0 Å². The van der Waals surface area contributed by atoms with Crippen LogP contribution in [0.4, 0.5) is 26.7 Å². The van der Waals surface area contributed by atoms with Crippen molar-refractivity contribution >= 4 is 67.3 Å². The first kappa shape index (κ1) is 71.0. The van der Waals surface area contributed by atoms with Crippen molar-refractivity contribution in [3.05, 3.63) is 219 Å². The Balaban J connectivity index is 0.000000218. The Hall–Kier alpha value is -8.04. The maximum absolute atomic E-state index is 13.4. The molecule has 90 heavy (non-hydrogen) atoms. The molecule has 10 rings (SSSR count). The van der Waals surface area contributed by atoms with Crippen molar-refractivity contribution in [1.82, 2.24) is 0 Å². The van der Waals surface area contributed by atoms with E-state index in [1.807, 2.05) is 137 Å². The molecule has 5 unspecified atom stereocenters.